The molecular weight excluding hydrogens is 164 g/mol. The Morgan fingerprint density at radius 1 is 0.900 bits per heavy atom. The molecule has 2 nitrogen and oxygen atoms in total. The van der Waals surface area contributed by atoms with Crippen molar-refractivity contribution < 1.29 is 0 Å². The lowest BCUT2D eigenvalue weighted by molar-refractivity contribution is 1.25. The van der Waals surface area contributed by atoms with Gasteiger partial charge in [-0.15, -0.1) is 0 Å². The van der Waals surface area contributed by atoms with Gasteiger partial charge in [-0.25, -0.2) is 0 Å². The summed E-state index contributed by atoms with van der Waals surface area (Å²) in [6.45, 7) is 0. The maximum absolute atomic E-state index is 7.77. The van der Waals surface area contributed by atoms with E-state index < -0.39 is 0 Å². The summed E-state index contributed by atoms with van der Waals surface area (Å²) in [6.07, 6.45) is 1.12. The van der Waals surface area contributed by atoms with Crippen LogP contribution in [0.1, 0.15) is 12.8 Å². The van der Waals surface area contributed by atoms with E-state index in [1.54, 1.807) is 0 Å². The SMILES string of the molecule is N#CCCS.N#CCCS. The van der Waals surface area contributed by atoms with Crippen molar-refractivity contribution >= 4 is 25.3 Å². The van der Waals surface area contributed by atoms with Gasteiger partial charge in [-0.2, -0.15) is 35.8 Å². The predicted molar refractivity (Wildman–Crippen MR) is 48.2 cm³/mol. The van der Waals surface area contributed by atoms with Crippen molar-refractivity contribution in [3.63, 3.8) is 0 Å². The van der Waals surface area contributed by atoms with Gasteiger partial charge in [-0.3, -0.25) is 0 Å². The van der Waals surface area contributed by atoms with Gasteiger partial charge in [-0.1, -0.05) is 0 Å². The fourth-order valence-corrected chi connectivity index (χ4v) is 0.300. The van der Waals surface area contributed by atoms with Gasteiger partial charge in [-0.05, 0) is 0 Å². The molecule has 0 saturated carbocycles. The average molecular weight is 174 g/mol. The van der Waals surface area contributed by atoms with Crippen LogP contribution < -0.4 is 0 Å². The van der Waals surface area contributed by atoms with Crippen LogP contribution in [0.5, 0.6) is 0 Å². The Hall–Kier alpha value is -0.320. The molecule has 0 aromatic rings. The third-order valence-corrected chi connectivity index (χ3v) is 0.894. The number of rotatable bonds is 2. The van der Waals surface area contributed by atoms with Crippen molar-refractivity contribution in [1.29, 1.82) is 10.5 Å². The summed E-state index contributed by atoms with van der Waals surface area (Å²) in [7, 11) is 0. The molecule has 0 bridgehead atoms. The maximum Gasteiger partial charge on any atom is 0.0630 e. The van der Waals surface area contributed by atoms with Crippen LogP contribution in [0.3, 0.4) is 0 Å². The zero-order valence-electron chi connectivity index (χ0n) is 5.62. The Morgan fingerprint density at radius 2 is 1.20 bits per heavy atom. The Balaban J connectivity index is 0. The summed E-state index contributed by atoms with van der Waals surface area (Å²) in [4.78, 5) is 0. The first-order valence-corrected chi connectivity index (χ1v) is 4.05. The summed E-state index contributed by atoms with van der Waals surface area (Å²) in [5.41, 5.74) is 0. The van der Waals surface area contributed by atoms with Crippen LogP contribution in [0.4, 0.5) is 0 Å². The molecule has 0 rings (SSSR count). The van der Waals surface area contributed by atoms with Gasteiger partial charge < -0.3 is 0 Å². The molecule has 4 heteroatoms. The molecule has 0 fully saturated rings. The van der Waals surface area contributed by atoms with Gasteiger partial charge in [0.1, 0.15) is 0 Å². The van der Waals surface area contributed by atoms with Crippen molar-refractivity contribution in [2.45, 2.75) is 12.8 Å². The van der Waals surface area contributed by atoms with E-state index >= 15 is 0 Å². The van der Waals surface area contributed by atoms with Crippen molar-refractivity contribution in [3.8, 4) is 12.1 Å². The quantitative estimate of drug-likeness (QED) is 0.625. The highest BCUT2D eigenvalue weighted by Crippen LogP contribution is 1.75. The van der Waals surface area contributed by atoms with Crippen LogP contribution in [-0.2, 0) is 0 Å². The molecule has 0 aliphatic heterocycles. The molecular formula is C6H10N2S2. The second kappa shape index (κ2) is 15.9. The standard InChI is InChI=1S/2C3H5NS/c2*4-2-1-3-5/h2*5H,1,3H2. The summed E-state index contributed by atoms with van der Waals surface area (Å²) >= 11 is 7.56. The molecule has 0 atom stereocenters. The van der Waals surface area contributed by atoms with Gasteiger partial charge in [0.25, 0.3) is 0 Å². The Morgan fingerprint density at radius 3 is 1.20 bits per heavy atom. The first-order valence-electron chi connectivity index (χ1n) is 2.79. The molecule has 0 aromatic carbocycles. The van der Waals surface area contributed by atoms with Crippen molar-refractivity contribution in [2.24, 2.45) is 0 Å². The van der Waals surface area contributed by atoms with E-state index in [1.807, 2.05) is 12.1 Å². The Kier molecular flexibility index (Phi) is 19.6. The fraction of sp³-hybridized carbons (Fsp3) is 0.667. The van der Waals surface area contributed by atoms with E-state index in [1.165, 1.54) is 0 Å². The third kappa shape index (κ3) is 25.3. The third-order valence-electron chi connectivity index (χ3n) is 0.447. The minimum Gasteiger partial charge on any atom is -0.198 e. The molecule has 0 heterocycles. The van der Waals surface area contributed by atoms with Crippen molar-refractivity contribution in [3.05, 3.63) is 0 Å². The van der Waals surface area contributed by atoms with Gasteiger partial charge in [0.15, 0.2) is 0 Å². The summed E-state index contributed by atoms with van der Waals surface area (Å²) in [5, 5.41) is 15.5. The Bertz CT molecular complexity index is 107. The predicted octanol–water partition coefficient (Wildman–Crippen LogP) is 1.66. The highest BCUT2D eigenvalue weighted by molar-refractivity contribution is 7.80. The minimum absolute atomic E-state index is 0.559. The number of hydrogen-bond donors (Lipinski definition) is 2. The van der Waals surface area contributed by atoms with Gasteiger partial charge in [0.05, 0.1) is 12.1 Å². The monoisotopic (exact) mass is 174 g/mol. The minimum atomic E-state index is 0.559. The van der Waals surface area contributed by atoms with Crippen molar-refractivity contribution in [2.75, 3.05) is 11.5 Å². The van der Waals surface area contributed by atoms with Crippen LogP contribution in [-0.4, -0.2) is 11.5 Å². The van der Waals surface area contributed by atoms with E-state index in [0.29, 0.717) is 24.3 Å². The molecule has 0 aromatic heterocycles. The molecule has 0 spiro atoms. The van der Waals surface area contributed by atoms with E-state index in [0.717, 1.165) is 0 Å². The lowest BCUT2D eigenvalue weighted by Gasteiger charge is -1.65. The second-order valence-corrected chi connectivity index (χ2v) is 2.16. The fourth-order valence-electron chi connectivity index (χ4n) is 0.1000. The van der Waals surface area contributed by atoms with Gasteiger partial charge in [0.2, 0.25) is 0 Å². The number of hydrogen-bond acceptors (Lipinski definition) is 4. The van der Waals surface area contributed by atoms with Crippen molar-refractivity contribution in [1.82, 2.24) is 0 Å². The molecule has 0 amide bonds. The molecule has 0 unspecified atom stereocenters. The molecule has 0 radical (unpaired) electrons. The normalized spacial score (nSPS) is 6.40. The summed E-state index contributed by atoms with van der Waals surface area (Å²) in [6, 6.07) is 3.88. The van der Waals surface area contributed by atoms with Crippen LogP contribution in [0.15, 0.2) is 0 Å². The summed E-state index contributed by atoms with van der Waals surface area (Å²) < 4.78 is 0. The van der Waals surface area contributed by atoms with E-state index in [9.17, 15) is 0 Å². The summed E-state index contributed by atoms with van der Waals surface area (Å²) in [5.74, 6) is 1.35. The molecule has 56 valence electrons. The van der Waals surface area contributed by atoms with Gasteiger partial charge >= 0.3 is 0 Å². The lowest BCUT2D eigenvalue weighted by Crippen LogP contribution is -1.61. The molecule has 10 heavy (non-hydrogen) atoms. The number of nitriles is 2. The van der Waals surface area contributed by atoms with E-state index in [4.69, 9.17) is 10.5 Å². The average Bonchev–Trinajstić information content (AvgIpc) is 1.93. The Labute approximate surface area is 72.7 Å². The molecule has 0 saturated heterocycles. The van der Waals surface area contributed by atoms with Crippen LogP contribution >= 0.6 is 25.3 Å². The zero-order valence-corrected chi connectivity index (χ0v) is 7.41. The first kappa shape index (κ1) is 12.4. The van der Waals surface area contributed by atoms with Crippen LogP contribution in [0.2, 0.25) is 0 Å². The van der Waals surface area contributed by atoms with E-state index in [2.05, 4.69) is 25.3 Å². The topological polar surface area (TPSA) is 47.6 Å². The van der Waals surface area contributed by atoms with Gasteiger partial charge in [0, 0.05) is 24.3 Å². The van der Waals surface area contributed by atoms with Crippen LogP contribution in [0, 0.1) is 22.7 Å². The van der Waals surface area contributed by atoms with Crippen LogP contribution in [0.25, 0.3) is 0 Å². The lowest BCUT2D eigenvalue weighted by atomic mass is 10.6. The number of nitrogens with zero attached hydrogens (tertiary/aromatic N) is 2. The molecule has 0 aliphatic carbocycles. The zero-order chi connectivity index (χ0) is 8.24. The van der Waals surface area contributed by atoms with E-state index in [-0.39, 0.29) is 0 Å². The smallest absolute Gasteiger partial charge is 0.0630 e. The maximum atomic E-state index is 7.77. The number of thiol groups is 2. The highest BCUT2D eigenvalue weighted by Gasteiger charge is 1.66. The molecule has 0 N–H and O–H groups in total. The largest absolute Gasteiger partial charge is 0.198 e. The molecule has 0 aliphatic rings. The highest BCUT2D eigenvalue weighted by atomic mass is 32.1. The first-order chi connectivity index (χ1) is 4.83. The second-order valence-electron chi connectivity index (χ2n) is 1.26.